The molecule has 4 rings (SSSR count). The maximum absolute atomic E-state index is 13.2. The maximum atomic E-state index is 13.2. The minimum atomic E-state index is -4.43. The molecule has 0 radical (unpaired) electrons. The number of amides is 1. The van der Waals surface area contributed by atoms with E-state index in [0.717, 1.165) is 34.4 Å². The fourth-order valence-electron chi connectivity index (χ4n) is 4.27. The standard InChI is InChI=1S/C26H28F3N5O2S/c1-33-10-8-18(14-33)32-25(35)20-11-17(12-22-24(20)31-16-34(22)15-26(27,28)29)5-4-9-30-21-7-6-19(37-3)13-23(21)36-2/h6-7,11-13,16,18,30H,8-10,14-15H2,1-3H3,(H,32,35). The summed E-state index contributed by atoms with van der Waals surface area (Å²) in [6, 6.07) is 8.87. The van der Waals surface area contributed by atoms with Gasteiger partial charge in [-0.05, 0) is 56.6 Å². The molecule has 1 saturated heterocycles. The number of nitrogens with one attached hydrogen (secondary N) is 2. The Hall–Kier alpha value is -3.36. The number of fused-ring (bicyclic) bond motifs is 1. The first-order valence-electron chi connectivity index (χ1n) is 11.7. The van der Waals surface area contributed by atoms with E-state index in [2.05, 4.69) is 32.4 Å². The summed E-state index contributed by atoms with van der Waals surface area (Å²) in [6.45, 7) is 0.640. The minimum Gasteiger partial charge on any atom is -0.495 e. The van der Waals surface area contributed by atoms with Crippen LogP contribution < -0.4 is 15.4 Å². The Morgan fingerprint density at radius 1 is 1.30 bits per heavy atom. The number of methoxy groups -OCH3 is 1. The van der Waals surface area contributed by atoms with E-state index in [0.29, 0.717) is 17.9 Å². The number of aromatic nitrogens is 2. The summed E-state index contributed by atoms with van der Waals surface area (Å²) in [4.78, 5) is 20.4. The molecule has 7 nitrogen and oxygen atoms in total. The van der Waals surface area contributed by atoms with Gasteiger partial charge in [-0.2, -0.15) is 13.2 Å². The van der Waals surface area contributed by atoms with Crippen LogP contribution in [0, 0.1) is 11.8 Å². The molecule has 1 unspecified atom stereocenters. The average Bonchev–Trinajstić information content (AvgIpc) is 3.45. The number of halogens is 3. The number of rotatable bonds is 7. The molecular formula is C26H28F3N5O2S. The van der Waals surface area contributed by atoms with Crippen LogP contribution in [0.4, 0.5) is 18.9 Å². The van der Waals surface area contributed by atoms with Crippen molar-refractivity contribution in [2.75, 3.05) is 45.4 Å². The number of imidazole rings is 1. The molecule has 0 aliphatic carbocycles. The van der Waals surface area contributed by atoms with Gasteiger partial charge >= 0.3 is 6.18 Å². The molecule has 3 aromatic rings. The largest absolute Gasteiger partial charge is 0.495 e. The van der Waals surface area contributed by atoms with E-state index in [1.807, 2.05) is 31.5 Å². The van der Waals surface area contributed by atoms with Gasteiger partial charge in [0.05, 0.1) is 36.7 Å². The fourth-order valence-corrected chi connectivity index (χ4v) is 4.70. The lowest BCUT2D eigenvalue weighted by Crippen LogP contribution is -2.36. The summed E-state index contributed by atoms with van der Waals surface area (Å²) < 4.78 is 45.9. The number of nitrogens with zero attached hydrogens (tertiary/aromatic N) is 3. The molecule has 1 atom stereocenters. The van der Waals surface area contributed by atoms with Crippen LogP contribution in [0.2, 0.25) is 0 Å². The highest BCUT2D eigenvalue weighted by Crippen LogP contribution is 2.29. The Kier molecular flexibility index (Phi) is 8.19. The molecule has 11 heteroatoms. The number of ether oxygens (including phenoxy) is 1. The Morgan fingerprint density at radius 2 is 2.11 bits per heavy atom. The molecule has 2 aromatic carbocycles. The lowest BCUT2D eigenvalue weighted by atomic mass is 10.1. The van der Waals surface area contributed by atoms with Crippen LogP contribution >= 0.6 is 11.8 Å². The highest BCUT2D eigenvalue weighted by Gasteiger charge is 2.29. The summed E-state index contributed by atoms with van der Waals surface area (Å²) >= 11 is 1.60. The van der Waals surface area contributed by atoms with Crippen LogP contribution in [0.3, 0.4) is 0 Å². The lowest BCUT2D eigenvalue weighted by Gasteiger charge is -2.14. The molecular weight excluding hydrogens is 503 g/mol. The van der Waals surface area contributed by atoms with Crippen molar-refractivity contribution in [3.8, 4) is 17.6 Å². The number of likely N-dealkylation sites (N-methyl/N-ethyl adjacent to an activating group) is 1. The van der Waals surface area contributed by atoms with Gasteiger partial charge < -0.3 is 24.8 Å². The van der Waals surface area contributed by atoms with Crippen molar-refractivity contribution in [2.24, 2.45) is 0 Å². The summed E-state index contributed by atoms with van der Waals surface area (Å²) in [5.41, 5.74) is 1.83. The van der Waals surface area contributed by atoms with Gasteiger partial charge in [-0.25, -0.2) is 4.98 Å². The van der Waals surface area contributed by atoms with E-state index >= 15 is 0 Å². The molecule has 0 spiro atoms. The monoisotopic (exact) mass is 531 g/mol. The normalized spacial score (nSPS) is 15.9. The van der Waals surface area contributed by atoms with Crippen molar-refractivity contribution in [1.82, 2.24) is 19.8 Å². The number of thioether (sulfide) groups is 1. The van der Waals surface area contributed by atoms with Gasteiger partial charge in [0.15, 0.2) is 0 Å². The van der Waals surface area contributed by atoms with Gasteiger partial charge in [0.25, 0.3) is 5.91 Å². The summed E-state index contributed by atoms with van der Waals surface area (Å²) in [5.74, 6) is 6.27. The van der Waals surface area contributed by atoms with Crippen LogP contribution in [0.5, 0.6) is 5.75 Å². The second kappa shape index (κ2) is 11.4. The molecule has 2 N–H and O–H groups in total. The predicted octanol–water partition coefficient (Wildman–Crippen LogP) is 4.23. The molecule has 1 fully saturated rings. The third kappa shape index (κ3) is 6.70. The maximum Gasteiger partial charge on any atom is 0.406 e. The number of carbonyl (C=O) groups is 1. The van der Waals surface area contributed by atoms with Crippen LogP contribution in [-0.2, 0) is 6.54 Å². The molecule has 1 amide bonds. The molecule has 0 bridgehead atoms. The number of alkyl halides is 3. The van der Waals surface area contributed by atoms with Crippen LogP contribution in [0.1, 0.15) is 22.3 Å². The zero-order chi connectivity index (χ0) is 26.6. The van der Waals surface area contributed by atoms with E-state index in [4.69, 9.17) is 4.74 Å². The average molecular weight is 532 g/mol. The quantitative estimate of drug-likeness (QED) is 0.351. The van der Waals surface area contributed by atoms with E-state index in [1.54, 1.807) is 24.9 Å². The van der Waals surface area contributed by atoms with Gasteiger partial charge in [-0.3, -0.25) is 4.79 Å². The molecule has 1 aliphatic rings. The van der Waals surface area contributed by atoms with Crippen LogP contribution in [-0.4, -0.2) is 72.6 Å². The van der Waals surface area contributed by atoms with Crippen molar-refractivity contribution in [3.63, 3.8) is 0 Å². The summed E-state index contributed by atoms with van der Waals surface area (Å²) in [5, 5.41) is 6.18. The Bertz CT molecular complexity index is 1350. The second-order valence-corrected chi connectivity index (χ2v) is 9.70. The molecule has 0 saturated carbocycles. The smallest absolute Gasteiger partial charge is 0.406 e. The van der Waals surface area contributed by atoms with Gasteiger partial charge in [-0.1, -0.05) is 11.8 Å². The molecule has 1 aromatic heterocycles. The lowest BCUT2D eigenvalue weighted by molar-refractivity contribution is -0.139. The molecule has 1 aliphatic heterocycles. The topological polar surface area (TPSA) is 71.4 Å². The number of hydrogen-bond donors (Lipinski definition) is 2. The Labute approximate surface area is 217 Å². The zero-order valence-electron chi connectivity index (χ0n) is 20.8. The first-order chi connectivity index (χ1) is 17.7. The highest BCUT2D eigenvalue weighted by molar-refractivity contribution is 7.98. The number of benzene rings is 2. The second-order valence-electron chi connectivity index (χ2n) is 8.82. The van der Waals surface area contributed by atoms with E-state index in [1.165, 1.54) is 6.07 Å². The zero-order valence-corrected chi connectivity index (χ0v) is 21.6. The first-order valence-corrected chi connectivity index (χ1v) is 12.9. The predicted molar refractivity (Wildman–Crippen MR) is 139 cm³/mol. The van der Waals surface area contributed by atoms with Crippen LogP contribution in [0.25, 0.3) is 11.0 Å². The number of hydrogen-bond acceptors (Lipinski definition) is 6. The highest BCUT2D eigenvalue weighted by atomic mass is 32.2. The van der Waals surface area contributed by atoms with Crippen molar-refractivity contribution in [1.29, 1.82) is 0 Å². The van der Waals surface area contributed by atoms with Gasteiger partial charge in [-0.15, -0.1) is 11.8 Å². The third-order valence-corrected chi connectivity index (χ3v) is 6.78. The number of likely N-dealkylation sites (tertiary alicyclic amines) is 1. The number of carbonyl (C=O) groups excluding carboxylic acids is 1. The minimum absolute atomic E-state index is 0.0313. The van der Waals surface area contributed by atoms with Gasteiger partial charge in [0.1, 0.15) is 17.8 Å². The first kappa shape index (κ1) is 26.7. The van der Waals surface area contributed by atoms with Crippen molar-refractivity contribution < 1.29 is 22.7 Å². The molecule has 2 heterocycles. The Morgan fingerprint density at radius 3 is 2.78 bits per heavy atom. The third-order valence-electron chi connectivity index (χ3n) is 6.05. The van der Waals surface area contributed by atoms with Crippen LogP contribution in [0.15, 0.2) is 41.6 Å². The number of anilines is 1. The summed E-state index contributed by atoms with van der Waals surface area (Å²) in [6.07, 6.45) is -0.533. The molecule has 196 valence electrons. The van der Waals surface area contributed by atoms with Gasteiger partial charge in [0.2, 0.25) is 0 Å². The van der Waals surface area contributed by atoms with E-state index in [-0.39, 0.29) is 35.1 Å². The van der Waals surface area contributed by atoms with Gasteiger partial charge in [0, 0.05) is 23.0 Å². The van der Waals surface area contributed by atoms with E-state index in [9.17, 15) is 18.0 Å². The molecule has 37 heavy (non-hydrogen) atoms. The SMILES string of the molecule is COc1cc(SC)ccc1NCC#Cc1cc(C(=O)NC2CCN(C)C2)c2ncn(CC(F)(F)F)c2c1. The summed E-state index contributed by atoms with van der Waals surface area (Å²) in [7, 11) is 3.56. The Balaban J connectivity index is 1.60. The van der Waals surface area contributed by atoms with Crippen molar-refractivity contribution in [2.45, 2.75) is 30.1 Å². The van der Waals surface area contributed by atoms with E-state index < -0.39 is 12.7 Å². The van der Waals surface area contributed by atoms with Crippen molar-refractivity contribution >= 4 is 34.4 Å². The van der Waals surface area contributed by atoms with Crippen molar-refractivity contribution in [3.05, 3.63) is 47.8 Å². The fraction of sp³-hybridized carbons (Fsp3) is 0.385.